The van der Waals surface area contributed by atoms with E-state index in [1.807, 2.05) is 44.2 Å². The highest BCUT2D eigenvalue weighted by atomic mass is 16.5. The van der Waals surface area contributed by atoms with Crippen molar-refractivity contribution in [2.24, 2.45) is 0 Å². The van der Waals surface area contributed by atoms with Crippen LogP contribution in [0.1, 0.15) is 37.4 Å². The first-order valence-corrected chi connectivity index (χ1v) is 10.6. The fourth-order valence-electron chi connectivity index (χ4n) is 3.79. The molecule has 0 radical (unpaired) electrons. The molecule has 0 aliphatic carbocycles. The predicted octanol–water partition coefficient (Wildman–Crippen LogP) is 3.94. The molecule has 1 heterocycles. The molecular formula is C25H29NO6. The normalized spacial score (nSPS) is 17.8. The van der Waals surface area contributed by atoms with Gasteiger partial charge in [-0.1, -0.05) is 30.3 Å². The first-order valence-electron chi connectivity index (χ1n) is 10.6. The minimum absolute atomic E-state index is 0.0365. The molecule has 1 saturated heterocycles. The first-order chi connectivity index (χ1) is 15.4. The molecule has 2 aromatic rings. The van der Waals surface area contributed by atoms with Crippen molar-refractivity contribution in [1.29, 1.82) is 0 Å². The summed E-state index contributed by atoms with van der Waals surface area (Å²) in [6, 6.07) is 13.4. The Morgan fingerprint density at radius 3 is 2.41 bits per heavy atom. The smallest absolute Gasteiger partial charge is 0.295 e. The Morgan fingerprint density at radius 1 is 1.06 bits per heavy atom. The Kier molecular flexibility index (Phi) is 7.53. The minimum Gasteiger partial charge on any atom is -0.507 e. The zero-order valence-electron chi connectivity index (χ0n) is 18.8. The van der Waals surface area contributed by atoms with Crippen LogP contribution in [0.25, 0.3) is 5.76 Å². The van der Waals surface area contributed by atoms with Crippen LogP contribution in [0.2, 0.25) is 0 Å². The number of likely N-dealkylation sites (tertiary alicyclic amines) is 1. The van der Waals surface area contributed by atoms with Crippen LogP contribution in [-0.2, 0) is 14.3 Å². The lowest BCUT2D eigenvalue weighted by Crippen LogP contribution is -2.31. The van der Waals surface area contributed by atoms with Crippen molar-refractivity contribution >= 4 is 17.4 Å². The van der Waals surface area contributed by atoms with E-state index in [2.05, 4.69) is 0 Å². The Labute approximate surface area is 188 Å². The summed E-state index contributed by atoms with van der Waals surface area (Å²) in [5, 5.41) is 11.2. The van der Waals surface area contributed by atoms with Gasteiger partial charge >= 0.3 is 0 Å². The third-order valence-electron chi connectivity index (χ3n) is 5.31. The molecule has 3 rings (SSSR count). The lowest BCUT2D eigenvalue weighted by Gasteiger charge is -2.25. The molecule has 2 aromatic carbocycles. The highest BCUT2D eigenvalue weighted by Gasteiger charge is 2.46. The van der Waals surface area contributed by atoms with Crippen molar-refractivity contribution in [3.05, 3.63) is 65.2 Å². The number of carbonyl (C=O) groups is 2. The van der Waals surface area contributed by atoms with Gasteiger partial charge < -0.3 is 24.2 Å². The van der Waals surface area contributed by atoms with E-state index < -0.39 is 17.7 Å². The van der Waals surface area contributed by atoms with E-state index >= 15 is 0 Å². The van der Waals surface area contributed by atoms with Crippen LogP contribution >= 0.6 is 0 Å². The summed E-state index contributed by atoms with van der Waals surface area (Å²) in [5.74, 6) is -0.761. The van der Waals surface area contributed by atoms with Gasteiger partial charge in [0.1, 0.15) is 17.3 Å². The van der Waals surface area contributed by atoms with Crippen molar-refractivity contribution in [3.63, 3.8) is 0 Å². The molecule has 1 aliphatic rings. The van der Waals surface area contributed by atoms with Gasteiger partial charge in [0, 0.05) is 19.2 Å². The number of ether oxygens (including phenoxy) is 3. The number of carbonyl (C=O) groups excluding carboxylic acids is 2. The molecule has 1 unspecified atom stereocenters. The zero-order valence-corrected chi connectivity index (χ0v) is 18.8. The molecule has 0 aromatic heterocycles. The first kappa shape index (κ1) is 23.3. The lowest BCUT2D eigenvalue weighted by atomic mass is 9.95. The van der Waals surface area contributed by atoms with Gasteiger partial charge in [0.25, 0.3) is 11.7 Å². The lowest BCUT2D eigenvalue weighted by molar-refractivity contribution is -0.140. The van der Waals surface area contributed by atoms with E-state index in [1.165, 1.54) is 19.1 Å². The molecule has 1 atom stereocenters. The largest absolute Gasteiger partial charge is 0.507 e. The van der Waals surface area contributed by atoms with Crippen LogP contribution in [0.4, 0.5) is 0 Å². The molecule has 170 valence electrons. The van der Waals surface area contributed by atoms with Crippen molar-refractivity contribution in [2.45, 2.75) is 32.4 Å². The minimum atomic E-state index is -0.723. The number of hydrogen-bond donors (Lipinski definition) is 1. The number of rotatable bonds is 9. The molecule has 7 nitrogen and oxygen atoms in total. The summed E-state index contributed by atoms with van der Waals surface area (Å²) in [7, 11) is 2.99. The number of Topliss-reactive ketones (excluding diaryl/α,β-unsaturated/α-hetero) is 1. The van der Waals surface area contributed by atoms with E-state index in [-0.39, 0.29) is 17.4 Å². The Morgan fingerprint density at radius 2 is 1.78 bits per heavy atom. The Hall–Kier alpha value is -3.32. The summed E-state index contributed by atoms with van der Waals surface area (Å²) >= 11 is 0. The maximum absolute atomic E-state index is 13.1. The van der Waals surface area contributed by atoms with E-state index in [4.69, 9.17) is 14.2 Å². The molecule has 1 fully saturated rings. The van der Waals surface area contributed by atoms with Crippen LogP contribution in [-0.4, -0.2) is 55.2 Å². The standard InChI is InChI=1S/C25H29NO6/c1-16(2)32-14-8-13-26-22(17-9-6-5-7-10-17)21(24(28)25(26)29)23(27)19-12-11-18(30-3)15-20(19)31-4/h5-7,9-12,15-16,22,27H,8,13-14H2,1-4H3/b23-21-. The second kappa shape index (κ2) is 10.3. The van der Waals surface area contributed by atoms with Gasteiger partial charge in [-0.05, 0) is 38.0 Å². The number of benzene rings is 2. The van der Waals surface area contributed by atoms with Crippen LogP contribution in [0.5, 0.6) is 11.5 Å². The molecular weight excluding hydrogens is 410 g/mol. The summed E-state index contributed by atoms with van der Waals surface area (Å²) in [4.78, 5) is 27.5. The molecule has 32 heavy (non-hydrogen) atoms. The molecule has 1 amide bonds. The van der Waals surface area contributed by atoms with Crippen LogP contribution in [0, 0.1) is 0 Å². The van der Waals surface area contributed by atoms with Crippen LogP contribution in [0.3, 0.4) is 0 Å². The average Bonchev–Trinajstić information content (AvgIpc) is 3.06. The molecule has 0 saturated carbocycles. The monoisotopic (exact) mass is 439 g/mol. The van der Waals surface area contributed by atoms with Gasteiger partial charge in [0.05, 0.1) is 37.5 Å². The van der Waals surface area contributed by atoms with Crippen molar-refractivity contribution < 1.29 is 28.9 Å². The van der Waals surface area contributed by atoms with Gasteiger partial charge in [-0.25, -0.2) is 0 Å². The summed E-state index contributed by atoms with van der Waals surface area (Å²) in [6.45, 7) is 4.68. The van der Waals surface area contributed by atoms with E-state index in [1.54, 1.807) is 18.2 Å². The SMILES string of the molecule is COc1ccc(/C(O)=C2/C(=O)C(=O)N(CCCOC(C)C)C2c2ccccc2)c(OC)c1. The highest BCUT2D eigenvalue weighted by molar-refractivity contribution is 6.46. The number of ketones is 1. The van der Waals surface area contributed by atoms with Crippen molar-refractivity contribution in [1.82, 2.24) is 4.90 Å². The second-order valence-electron chi connectivity index (χ2n) is 7.74. The summed E-state index contributed by atoms with van der Waals surface area (Å²) in [6.07, 6.45) is 0.651. The fourth-order valence-corrected chi connectivity index (χ4v) is 3.79. The van der Waals surface area contributed by atoms with E-state index in [9.17, 15) is 14.7 Å². The molecule has 0 bridgehead atoms. The number of aliphatic hydroxyl groups is 1. The summed E-state index contributed by atoms with van der Waals surface area (Å²) < 4.78 is 16.2. The third-order valence-corrected chi connectivity index (χ3v) is 5.31. The highest BCUT2D eigenvalue weighted by Crippen LogP contribution is 2.41. The maximum atomic E-state index is 13.1. The van der Waals surface area contributed by atoms with Crippen molar-refractivity contribution in [3.8, 4) is 11.5 Å². The number of methoxy groups -OCH3 is 2. The van der Waals surface area contributed by atoms with Crippen molar-refractivity contribution in [2.75, 3.05) is 27.4 Å². The topological polar surface area (TPSA) is 85.3 Å². The van der Waals surface area contributed by atoms with Gasteiger partial charge in [0.15, 0.2) is 0 Å². The maximum Gasteiger partial charge on any atom is 0.295 e. The van der Waals surface area contributed by atoms with Gasteiger partial charge in [-0.2, -0.15) is 0 Å². The van der Waals surface area contributed by atoms with E-state index in [0.29, 0.717) is 36.6 Å². The molecule has 0 spiro atoms. The molecule has 1 N–H and O–H groups in total. The van der Waals surface area contributed by atoms with Gasteiger partial charge in [-0.15, -0.1) is 0 Å². The number of hydrogen-bond acceptors (Lipinski definition) is 6. The van der Waals surface area contributed by atoms with E-state index in [0.717, 1.165) is 5.56 Å². The van der Waals surface area contributed by atoms with Gasteiger partial charge in [0.2, 0.25) is 0 Å². The van der Waals surface area contributed by atoms with Crippen LogP contribution in [0.15, 0.2) is 54.1 Å². The average molecular weight is 440 g/mol. The fraction of sp³-hybridized carbons (Fsp3) is 0.360. The number of nitrogens with zero attached hydrogens (tertiary/aromatic N) is 1. The second-order valence-corrected chi connectivity index (χ2v) is 7.74. The third kappa shape index (κ3) is 4.78. The van der Waals surface area contributed by atoms with Gasteiger partial charge in [-0.3, -0.25) is 9.59 Å². The summed E-state index contributed by atoms with van der Waals surface area (Å²) in [5.41, 5.74) is 1.09. The molecule has 1 aliphatic heterocycles. The Balaban J connectivity index is 2.06. The zero-order chi connectivity index (χ0) is 23.3. The predicted molar refractivity (Wildman–Crippen MR) is 121 cm³/mol. The Bertz CT molecular complexity index is 999. The van der Waals surface area contributed by atoms with Crippen LogP contribution < -0.4 is 9.47 Å². The molecule has 7 heteroatoms. The number of aliphatic hydroxyl groups excluding tert-OH is 1. The quantitative estimate of drug-likeness (QED) is 0.276. The number of amides is 1.